The smallest absolute Gasteiger partial charge is 0.195 e. The predicted octanol–water partition coefficient (Wildman–Crippen LogP) is 4.44. The van der Waals surface area contributed by atoms with Crippen LogP contribution in [0.25, 0.3) is 0 Å². The van der Waals surface area contributed by atoms with Crippen LogP contribution in [0.4, 0.5) is 5.69 Å². The number of halogens is 1. The molecule has 0 spiro atoms. The van der Waals surface area contributed by atoms with E-state index in [1.807, 2.05) is 31.2 Å². The zero-order chi connectivity index (χ0) is 20.6. The number of guanidine groups is 1. The van der Waals surface area contributed by atoms with Gasteiger partial charge in [0.25, 0.3) is 0 Å². The number of aliphatic imine (C=N–C) groups is 1. The topological polar surface area (TPSA) is 71.3 Å². The highest BCUT2D eigenvalue weighted by Gasteiger charge is 2.25. The summed E-state index contributed by atoms with van der Waals surface area (Å²) in [6.45, 7) is 7.60. The van der Waals surface area contributed by atoms with Gasteiger partial charge in [0, 0.05) is 18.3 Å². The summed E-state index contributed by atoms with van der Waals surface area (Å²) in [4.78, 5) is 7.32. The maximum absolute atomic E-state index is 5.94. The Hall–Kier alpha value is -1.94. The highest BCUT2D eigenvalue weighted by atomic mass is 127. The lowest BCUT2D eigenvalue weighted by Crippen LogP contribution is -2.33. The van der Waals surface area contributed by atoms with Gasteiger partial charge in [-0.25, -0.2) is 0 Å². The molecule has 8 heteroatoms. The lowest BCUT2D eigenvalue weighted by molar-refractivity contribution is 0.219. The number of nitrogens with zero attached hydrogens (tertiary/aromatic N) is 2. The summed E-state index contributed by atoms with van der Waals surface area (Å²) < 4.78 is 16.7. The van der Waals surface area contributed by atoms with Crippen molar-refractivity contribution in [2.45, 2.75) is 32.7 Å². The van der Waals surface area contributed by atoms with Gasteiger partial charge in [-0.3, -0.25) is 9.89 Å². The summed E-state index contributed by atoms with van der Waals surface area (Å²) in [6.07, 6.45) is 2.45. The summed E-state index contributed by atoms with van der Waals surface area (Å²) in [7, 11) is 3.26. The average molecular weight is 528 g/mol. The molecule has 3 rings (SSSR count). The SMILES string of the molecule is CCNC(=NCC(c1ccc(C)o1)N1CCCC1)Nc1ccc(OC)c(OC)c1.I. The van der Waals surface area contributed by atoms with E-state index >= 15 is 0 Å². The number of aryl methyl sites for hydroxylation is 1. The second kappa shape index (κ2) is 12.0. The summed E-state index contributed by atoms with van der Waals surface area (Å²) in [6, 6.07) is 9.97. The molecule has 0 aliphatic carbocycles. The van der Waals surface area contributed by atoms with Crippen LogP contribution in [0.3, 0.4) is 0 Å². The number of benzene rings is 1. The van der Waals surface area contributed by atoms with Gasteiger partial charge in [-0.15, -0.1) is 24.0 Å². The third kappa shape index (κ3) is 6.28. The zero-order valence-electron chi connectivity index (χ0n) is 18.2. The molecule has 1 aliphatic rings. The Morgan fingerprint density at radius 2 is 1.87 bits per heavy atom. The van der Waals surface area contributed by atoms with Crippen molar-refractivity contribution in [1.29, 1.82) is 0 Å². The monoisotopic (exact) mass is 528 g/mol. The first-order valence-corrected chi connectivity index (χ1v) is 10.2. The number of furan rings is 1. The third-order valence-corrected chi connectivity index (χ3v) is 5.08. The Labute approximate surface area is 196 Å². The van der Waals surface area contributed by atoms with Gasteiger partial charge >= 0.3 is 0 Å². The number of hydrogen-bond donors (Lipinski definition) is 2. The van der Waals surface area contributed by atoms with Gasteiger partial charge in [0.05, 0.1) is 26.8 Å². The maximum atomic E-state index is 5.94. The molecule has 1 aromatic carbocycles. The minimum absolute atomic E-state index is 0. The fourth-order valence-electron chi connectivity index (χ4n) is 3.61. The van der Waals surface area contributed by atoms with Gasteiger partial charge in [0.1, 0.15) is 11.5 Å². The van der Waals surface area contributed by atoms with E-state index in [2.05, 4.69) is 28.5 Å². The molecule has 30 heavy (non-hydrogen) atoms. The zero-order valence-corrected chi connectivity index (χ0v) is 20.6. The first-order chi connectivity index (χ1) is 14.1. The van der Waals surface area contributed by atoms with E-state index in [4.69, 9.17) is 18.9 Å². The molecular formula is C22H33IN4O3. The summed E-state index contributed by atoms with van der Waals surface area (Å²) in [5.74, 6) is 4.02. The molecule has 0 radical (unpaired) electrons. The molecule has 1 aromatic heterocycles. The predicted molar refractivity (Wildman–Crippen MR) is 132 cm³/mol. The molecule has 2 aromatic rings. The van der Waals surface area contributed by atoms with Crippen LogP contribution in [0.1, 0.15) is 37.3 Å². The Bertz CT molecular complexity index is 818. The molecule has 7 nitrogen and oxygen atoms in total. The Morgan fingerprint density at radius 1 is 1.13 bits per heavy atom. The second-order valence-electron chi connectivity index (χ2n) is 7.12. The highest BCUT2D eigenvalue weighted by Crippen LogP contribution is 2.30. The number of ether oxygens (including phenoxy) is 2. The van der Waals surface area contributed by atoms with Gasteiger partial charge in [-0.1, -0.05) is 0 Å². The minimum atomic E-state index is 0. The first kappa shape index (κ1) is 24.3. The summed E-state index contributed by atoms with van der Waals surface area (Å²) in [5, 5.41) is 6.68. The van der Waals surface area contributed by atoms with Crippen molar-refractivity contribution in [2.75, 3.05) is 45.7 Å². The molecule has 0 saturated carbocycles. The molecule has 0 bridgehead atoms. The van der Waals surface area contributed by atoms with Crippen molar-refractivity contribution in [3.8, 4) is 11.5 Å². The number of anilines is 1. The number of hydrogen-bond acceptors (Lipinski definition) is 5. The molecule has 2 N–H and O–H groups in total. The van der Waals surface area contributed by atoms with Gasteiger partial charge in [0.2, 0.25) is 0 Å². The van der Waals surface area contributed by atoms with Crippen LogP contribution < -0.4 is 20.1 Å². The normalized spacial score (nSPS) is 15.4. The second-order valence-corrected chi connectivity index (χ2v) is 7.12. The van der Waals surface area contributed by atoms with Crippen molar-refractivity contribution in [3.63, 3.8) is 0 Å². The van der Waals surface area contributed by atoms with Crippen molar-refractivity contribution in [1.82, 2.24) is 10.2 Å². The molecule has 1 saturated heterocycles. The molecule has 1 aliphatic heterocycles. The fourth-order valence-corrected chi connectivity index (χ4v) is 3.61. The number of methoxy groups -OCH3 is 2. The third-order valence-electron chi connectivity index (χ3n) is 5.08. The summed E-state index contributed by atoms with van der Waals surface area (Å²) in [5.41, 5.74) is 0.883. The van der Waals surface area contributed by atoms with Crippen LogP contribution in [-0.4, -0.2) is 51.3 Å². The van der Waals surface area contributed by atoms with Crippen LogP contribution >= 0.6 is 24.0 Å². The van der Waals surface area contributed by atoms with E-state index in [1.165, 1.54) is 12.8 Å². The number of nitrogens with one attached hydrogen (secondary N) is 2. The van der Waals surface area contributed by atoms with Crippen LogP contribution in [0, 0.1) is 6.92 Å². The van der Waals surface area contributed by atoms with E-state index < -0.39 is 0 Å². The maximum Gasteiger partial charge on any atom is 0.195 e. The molecule has 166 valence electrons. The fraction of sp³-hybridized carbons (Fsp3) is 0.500. The van der Waals surface area contributed by atoms with E-state index in [1.54, 1.807) is 14.2 Å². The minimum Gasteiger partial charge on any atom is -0.493 e. The average Bonchev–Trinajstić information content (AvgIpc) is 3.40. The molecule has 1 fully saturated rings. The molecule has 0 amide bonds. The largest absolute Gasteiger partial charge is 0.493 e. The van der Waals surface area contributed by atoms with Gasteiger partial charge in [0.15, 0.2) is 17.5 Å². The highest BCUT2D eigenvalue weighted by molar-refractivity contribution is 14.0. The van der Waals surface area contributed by atoms with Crippen LogP contribution in [0.2, 0.25) is 0 Å². The van der Waals surface area contributed by atoms with Crippen molar-refractivity contribution in [2.24, 2.45) is 4.99 Å². The molecule has 1 unspecified atom stereocenters. The van der Waals surface area contributed by atoms with Gasteiger partial charge in [-0.05, 0) is 64.0 Å². The lowest BCUT2D eigenvalue weighted by atomic mass is 10.2. The number of rotatable bonds is 8. The van der Waals surface area contributed by atoms with Crippen LogP contribution in [-0.2, 0) is 0 Å². The van der Waals surface area contributed by atoms with Crippen LogP contribution in [0.15, 0.2) is 39.7 Å². The quantitative estimate of drug-likeness (QED) is 0.300. The van der Waals surface area contributed by atoms with Crippen molar-refractivity contribution >= 4 is 35.6 Å². The standard InChI is InChI=1S/C22H32N4O3.HI/c1-5-23-22(25-17-9-11-20(27-3)21(14-17)28-4)24-15-18(26-12-6-7-13-26)19-10-8-16(2)29-19;/h8-11,14,18H,5-7,12-13,15H2,1-4H3,(H2,23,24,25);1H. The summed E-state index contributed by atoms with van der Waals surface area (Å²) >= 11 is 0. The van der Waals surface area contributed by atoms with Crippen LogP contribution in [0.5, 0.6) is 11.5 Å². The number of likely N-dealkylation sites (tertiary alicyclic amines) is 1. The van der Waals surface area contributed by atoms with Crippen molar-refractivity contribution in [3.05, 3.63) is 41.9 Å². The van der Waals surface area contributed by atoms with E-state index in [-0.39, 0.29) is 30.0 Å². The van der Waals surface area contributed by atoms with E-state index in [0.717, 1.165) is 42.8 Å². The van der Waals surface area contributed by atoms with Gasteiger partial charge < -0.3 is 24.5 Å². The van der Waals surface area contributed by atoms with Gasteiger partial charge in [-0.2, -0.15) is 0 Å². The van der Waals surface area contributed by atoms with E-state index in [0.29, 0.717) is 18.0 Å². The lowest BCUT2D eigenvalue weighted by Gasteiger charge is -2.24. The van der Waals surface area contributed by atoms with Crippen molar-refractivity contribution < 1.29 is 13.9 Å². The Kier molecular flexibility index (Phi) is 9.77. The molecular weight excluding hydrogens is 495 g/mol. The molecule has 2 heterocycles. The Balaban J connectivity index is 0.00000320. The van der Waals surface area contributed by atoms with E-state index in [9.17, 15) is 0 Å². The Morgan fingerprint density at radius 3 is 2.47 bits per heavy atom. The molecule has 1 atom stereocenters. The first-order valence-electron chi connectivity index (χ1n) is 10.2.